The summed E-state index contributed by atoms with van der Waals surface area (Å²) < 4.78 is 5.03. The van der Waals surface area contributed by atoms with Crippen LogP contribution in [0.15, 0.2) is 18.6 Å². The summed E-state index contributed by atoms with van der Waals surface area (Å²) in [6, 6.07) is 1.69. The smallest absolute Gasteiger partial charge is 0.216 e. The second kappa shape index (κ2) is 4.73. The topological polar surface area (TPSA) is 86.8 Å². The van der Waals surface area contributed by atoms with Gasteiger partial charge in [0.15, 0.2) is 5.82 Å². The van der Waals surface area contributed by atoms with Crippen LogP contribution in [0.4, 0.5) is 5.69 Å². The highest BCUT2D eigenvalue weighted by atomic mass is 16.5. The van der Waals surface area contributed by atoms with Crippen molar-refractivity contribution in [3.63, 3.8) is 0 Å². The number of nitrogens with two attached hydrogens (primary N) is 1. The summed E-state index contributed by atoms with van der Waals surface area (Å²) in [7, 11) is 1.55. The van der Waals surface area contributed by atoms with Crippen molar-refractivity contribution >= 4 is 5.69 Å². The van der Waals surface area contributed by atoms with Gasteiger partial charge in [-0.3, -0.25) is 0 Å². The van der Waals surface area contributed by atoms with Gasteiger partial charge in [-0.2, -0.15) is 0 Å². The summed E-state index contributed by atoms with van der Waals surface area (Å²) in [5.41, 5.74) is 7.78. The maximum Gasteiger partial charge on any atom is 0.216 e. The number of hydrogen-bond donors (Lipinski definition) is 1. The van der Waals surface area contributed by atoms with Crippen LogP contribution >= 0.6 is 0 Å². The zero-order valence-corrected chi connectivity index (χ0v) is 9.71. The minimum Gasteiger partial charge on any atom is -0.481 e. The number of aromatic nitrogens is 4. The first-order chi connectivity index (χ1) is 8.24. The quantitative estimate of drug-likeness (QED) is 0.850. The Hall–Kier alpha value is -2.24. The standard InChI is InChI=1S/C11H13N5O/c1-3-8-7(12)5-13-11(16-8)9-4-10(17-2)15-6-14-9/h4-6H,3,12H2,1-2H3. The number of methoxy groups -OCH3 is 1. The van der Waals surface area contributed by atoms with Crippen molar-refractivity contribution in [2.24, 2.45) is 0 Å². The second-order valence-corrected chi connectivity index (χ2v) is 3.39. The molecule has 0 bridgehead atoms. The predicted octanol–water partition coefficient (Wildman–Crippen LogP) is 1.09. The van der Waals surface area contributed by atoms with Crippen LogP contribution < -0.4 is 10.5 Å². The molecule has 0 saturated carbocycles. The van der Waals surface area contributed by atoms with Gasteiger partial charge in [0.1, 0.15) is 12.0 Å². The summed E-state index contributed by atoms with van der Waals surface area (Å²) in [5, 5.41) is 0. The summed E-state index contributed by atoms with van der Waals surface area (Å²) >= 11 is 0. The minimum absolute atomic E-state index is 0.480. The first-order valence-corrected chi connectivity index (χ1v) is 5.22. The zero-order chi connectivity index (χ0) is 12.3. The Morgan fingerprint density at radius 3 is 2.82 bits per heavy atom. The molecule has 6 heteroatoms. The van der Waals surface area contributed by atoms with Gasteiger partial charge < -0.3 is 10.5 Å². The highest BCUT2D eigenvalue weighted by Gasteiger charge is 2.07. The van der Waals surface area contributed by atoms with Gasteiger partial charge in [-0.05, 0) is 6.42 Å². The van der Waals surface area contributed by atoms with Gasteiger partial charge in [-0.25, -0.2) is 19.9 Å². The van der Waals surface area contributed by atoms with Crippen molar-refractivity contribution < 1.29 is 4.74 Å². The van der Waals surface area contributed by atoms with E-state index in [4.69, 9.17) is 10.5 Å². The lowest BCUT2D eigenvalue weighted by atomic mass is 10.2. The van der Waals surface area contributed by atoms with Gasteiger partial charge in [0.25, 0.3) is 0 Å². The predicted molar refractivity (Wildman–Crippen MR) is 63.4 cm³/mol. The molecule has 17 heavy (non-hydrogen) atoms. The molecular weight excluding hydrogens is 218 g/mol. The third-order valence-corrected chi connectivity index (χ3v) is 2.32. The van der Waals surface area contributed by atoms with Crippen LogP contribution in [0.2, 0.25) is 0 Å². The number of nitrogens with zero attached hydrogens (tertiary/aromatic N) is 4. The second-order valence-electron chi connectivity index (χ2n) is 3.39. The molecule has 2 rings (SSSR count). The third kappa shape index (κ3) is 2.30. The third-order valence-electron chi connectivity index (χ3n) is 2.32. The summed E-state index contributed by atoms with van der Waals surface area (Å²) in [5.74, 6) is 1.00. The highest BCUT2D eigenvalue weighted by Crippen LogP contribution is 2.18. The summed E-state index contributed by atoms with van der Waals surface area (Å²) in [6.45, 7) is 1.99. The number of rotatable bonds is 3. The molecule has 0 radical (unpaired) electrons. The lowest BCUT2D eigenvalue weighted by molar-refractivity contribution is 0.397. The van der Waals surface area contributed by atoms with E-state index >= 15 is 0 Å². The van der Waals surface area contributed by atoms with Gasteiger partial charge in [0.2, 0.25) is 5.88 Å². The fourth-order valence-corrected chi connectivity index (χ4v) is 1.41. The molecule has 88 valence electrons. The molecule has 2 aromatic heterocycles. The number of aryl methyl sites for hydroxylation is 1. The van der Waals surface area contributed by atoms with Crippen molar-refractivity contribution in [2.75, 3.05) is 12.8 Å². The molecule has 0 atom stereocenters. The van der Waals surface area contributed by atoms with Crippen LogP contribution in [0.5, 0.6) is 5.88 Å². The van der Waals surface area contributed by atoms with Gasteiger partial charge in [-0.1, -0.05) is 6.92 Å². The molecule has 0 saturated heterocycles. The Bertz CT molecular complexity index is 529. The van der Waals surface area contributed by atoms with E-state index in [0.29, 0.717) is 23.1 Å². The van der Waals surface area contributed by atoms with Crippen molar-refractivity contribution in [1.82, 2.24) is 19.9 Å². The van der Waals surface area contributed by atoms with E-state index in [2.05, 4.69) is 19.9 Å². The SMILES string of the molecule is CCc1nc(-c2cc(OC)ncn2)ncc1N. The van der Waals surface area contributed by atoms with Crippen LogP contribution in [0.25, 0.3) is 11.5 Å². The van der Waals surface area contributed by atoms with Crippen LogP contribution in [-0.2, 0) is 6.42 Å². The molecule has 0 aromatic carbocycles. The van der Waals surface area contributed by atoms with Crippen LogP contribution in [-0.4, -0.2) is 27.0 Å². The molecule has 2 heterocycles. The largest absolute Gasteiger partial charge is 0.481 e. The van der Waals surface area contributed by atoms with Crippen molar-refractivity contribution in [1.29, 1.82) is 0 Å². The Balaban J connectivity index is 2.45. The van der Waals surface area contributed by atoms with E-state index in [1.165, 1.54) is 6.33 Å². The fourth-order valence-electron chi connectivity index (χ4n) is 1.41. The lowest BCUT2D eigenvalue weighted by Crippen LogP contribution is -2.01. The first-order valence-electron chi connectivity index (χ1n) is 5.22. The molecule has 0 fully saturated rings. The molecule has 2 N–H and O–H groups in total. The van der Waals surface area contributed by atoms with Crippen molar-refractivity contribution in [2.45, 2.75) is 13.3 Å². The fraction of sp³-hybridized carbons (Fsp3) is 0.273. The molecule has 0 aliphatic heterocycles. The van der Waals surface area contributed by atoms with E-state index in [1.807, 2.05) is 6.92 Å². The monoisotopic (exact) mass is 231 g/mol. The first kappa shape index (κ1) is 11.3. The molecular formula is C11H13N5O. The van der Waals surface area contributed by atoms with E-state index < -0.39 is 0 Å². The Kier molecular flexibility index (Phi) is 3.13. The van der Waals surface area contributed by atoms with Gasteiger partial charge >= 0.3 is 0 Å². The minimum atomic E-state index is 0.480. The van der Waals surface area contributed by atoms with E-state index in [1.54, 1.807) is 19.4 Å². The molecule has 2 aromatic rings. The average molecular weight is 231 g/mol. The molecule has 0 aliphatic rings. The number of anilines is 1. The van der Waals surface area contributed by atoms with Crippen LogP contribution in [0.3, 0.4) is 0 Å². The Morgan fingerprint density at radius 2 is 2.12 bits per heavy atom. The maximum atomic E-state index is 5.75. The molecule has 0 unspecified atom stereocenters. The van der Waals surface area contributed by atoms with Gasteiger partial charge in [0.05, 0.1) is 24.7 Å². The highest BCUT2D eigenvalue weighted by molar-refractivity contribution is 5.53. The molecule has 6 nitrogen and oxygen atoms in total. The summed E-state index contributed by atoms with van der Waals surface area (Å²) in [6.07, 6.45) is 3.76. The number of nitrogen functional groups attached to an aromatic ring is 1. The number of ether oxygens (including phenoxy) is 1. The van der Waals surface area contributed by atoms with Crippen molar-refractivity contribution in [3.05, 3.63) is 24.3 Å². The molecule has 0 aliphatic carbocycles. The van der Waals surface area contributed by atoms with E-state index in [9.17, 15) is 0 Å². The van der Waals surface area contributed by atoms with E-state index in [-0.39, 0.29) is 0 Å². The van der Waals surface area contributed by atoms with Crippen LogP contribution in [0.1, 0.15) is 12.6 Å². The number of hydrogen-bond acceptors (Lipinski definition) is 6. The van der Waals surface area contributed by atoms with Gasteiger partial charge in [-0.15, -0.1) is 0 Å². The van der Waals surface area contributed by atoms with Crippen LogP contribution in [0, 0.1) is 0 Å². The van der Waals surface area contributed by atoms with Gasteiger partial charge in [0, 0.05) is 6.07 Å². The molecule has 0 spiro atoms. The average Bonchev–Trinajstić information content (AvgIpc) is 2.39. The normalized spacial score (nSPS) is 10.2. The van der Waals surface area contributed by atoms with E-state index in [0.717, 1.165) is 12.1 Å². The summed E-state index contributed by atoms with van der Waals surface area (Å²) in [4.78, 5) is 16.5. The zero-order valence-electron chi connectivity index (χ0n) is 9.71. The Labute approximate surface area is 98.9 Å². The lowest BCUT2D eigenvalue weighted by Gasteiger charge is -2.05. The van der Waals surface area contributed by atoms with Crippen molar-refractivity contribution in [3.8, 4) is 17.4 Å². The maximum absolute atomic E-state index is 5.75. The Morgan fingerprint density at radius 1 is 1.29 bits per heavy atom. The molecule has 0 amide bonds.